The Hall–Kier alpha value is -1.46. The molecule has 2 aromatic carbocycles. The average Bonchev–Trinajstić information content (AvgIpc) is 2.41. The third-order valence-electron chi connectivity index (χ3n) is 2.62. The van der Waals surface area contributed by atoms with Crippen molar-refractivity contribution in [1.82, 2.24) is 0 Å². The maximum Gasteiger partial charge on any atom is 0.165 e. The van der Waals surface area contributed by atoms with Gasteiger partial charge in [0.2, 0.25) is 0 Å². The van der Waals surface area contributed by atoms with Gasteiger partial charge in [0.25, 0.3) is 0 Å². The van der Waals surface area contributed by atoms with E-state index in [0.29, 0.717) is 10.0 Å². The van der Waals surface area contributed by atoms with Crippen LogP contribution >= 0.6 is 15.9 Å². The van der Waals surface area contributed by atoms with Crippen molar-refractivity contribution in [3.63, 3.8) is 0 Å². The summed E-state index contributed by atoms with van der Waals surface area (Å²) in [5, 5.41) is 0. The lowest BCUT2D eigenvalue weighted by atomic mass is 10.1. The monoisotopic (exact) mass is 327 g/mol. The molecule has 5 heteroatoms. The van der Waals surface area contributed by atoms with E-state index < -0.39 is 11.9 Å². The van der Waals surface area contributed by atoms with Gasteiger partial charge in [-0.1, -0.05) is 28.1 Å². The molecule has 2 nitrogen and oxygen atoms in total. The zero-order valence-electron chi connectivity index (χ0n) is 9.95. The summed E-state index contributed by atoms with van der Waals surface area (Å²) >= 11 is 3.25. The summed E-state index contributed by atoms with van der Waals surface area (Å²) in [5.74, 6) is -0.703. The van der Waals surface area contributed by atoms with E-state index in [1.54, 1.807) is 18.2 Å². The lowest BCUT2D eigenvalue weighted by molar-refractivity contribution is 0.204. The summed E-state index contributed by atoms with van der Waals surface area (Å²) in [4.78, 5) is 0. The average molecular weight is 328 g/mol. The molecule has 0 saturated heterocycles. The number of ether oxygens (including phenoxy) is 1. The molecular weight excluding hydrogens is 316 g/mol. The molecular formula is C14H12BrF2NO. The molecule has 0 saturated carbocycles. The summed E-state index contributed by atoms with van der Waals surface area (Å²) in [6.07, 6.45) is -0.524. The quantitative estimate of drug-likeness (QED) is 0.926. The number of halogens is 3. The van der Waals surface area contributed by atoms with Gasteiger partial charge in [-0.15, -0.1) is 0 Å². The van der Waals surface area contributed by atoms with Crippen LogP contribution in [0.2, 0.25) is 0 Å². The summed E-state index contributed by atoms with van der Waals surface area (Å²) < 4.78 is 32.7. The fourth-order valence-corrected chi connectivity index (χ4v) is 1.99. The molecule has 0 amide bonds. The number of nitrogens with two attached hydrogens (primary N) is 1. The zero-order valence-corrected chi connectivity index (χ0v) is 11.5. The van der Waals surface area contributed by atoms with E-state index >= 15 is 0 Å². The number of hydrogen-bond acceptors (Lipinski definition) is 2. The molecule has 2 aromatic rings. The first kappa shape index (κ1) is 14.0. The van der Waals surface area contributed by atoms with Crippen molar-refractivity contribution in [2.24, 2.45) is 5.73 Å². The second-order valence-corrected chi connectivity index (χ2v) is 4.88. The molecule has 0 spiro atoms. The highest BCUT2D eigenvalue weighted by atomic mass is 79.9. The Morgan fingerprint density at radius 3 is 2.42 bits per heavy atom. The SMILES string of the molecule is NCC(Oc1cc(Br)ccc1F)c1ccc(F)cc1. The van der Waals surface area contributed by atoms with Crippen molar-refractivity contribution in [3.8, 4) is 5.75 Å². The second-order valence-electron chi connectivity index (χ2n) is 3.97. The van der Waals surface area contributed by atoms with Gasteiger partial charge in [-0.05, 0) is 35.9 Å². The lowest BCUT2D eigenvalue weighted by Gasteiger charge is -2.18. The van der Waals surface area contributed by atoms with Crippen LogP contribution in [0, 0.1) is 11.6 Å². The summed E-state index contributed by atoms with van der Waals surface area (Å²) in [7, 11) is 0. The summed E-state index contributed by atoms with van der Waals surface area (Å²) in [6, 6.07) is 10.2. The minimum atomic E-state index is -0.524. The largest absolute Gasteiger partial charge is 0.481 e. The minimum absolute atomic E-state index is 0.106. The maximum absolute atomic E-state index is 13.6. The Kier molecular flexibility index (Phi) is 4.50. The van der Waals surface area contributed by atoms with Crippen molar-refractivity contribution >= 4 is 15.9 Å². The van der Waals surface area contributed by atoms with Crippen molar-refractivity contribution in [2.75, 3.05) is 6.54 Å². The molecule has 2 N–H and O–H groups in total. The Labute approximate surface area is 118 Å². The van der Waals surface area contributed by atoms with Gasteiger partial charge in [-0.3, -0.25) is 0 Å². The molecule has 1 atom stereocenters. The first-order chi connectivity index (χ1) is 9.10. The van der Waals surface area contributed by atoms with Crippen molar-refractivity contribution in [2.45, 2.75) is 6.10 Å². The lowest BCUT2D eigenvalue weighted by Crippen LogP contribution is -2.19. The predicted molar refractivity (Wildman–Crippen MR) is 72.9 cm³/mol. The van der Waals surface area contributed by atoms with Crippen molar-refractivity contribution in [1.29, 1.82) is 0 Å². The Morgan fingerprint density at radius 1 is 1.11 bits per heavy atom. The van der Waals surface area contributed by atoms with Crippen molar-refractivity contribution in [3.05, 3.63) is 64.1 Å². The Balaban J connectivity index is 2.23. The molecule has 0 aliphatic rings. The molecule has 0 aromatic heterocycles. The van der Waals surface area contributed by atoms with Gasteiger partial charge in [0.05, 0.1) is 0 Å². The van der Waals surface area contributed by atoms with Crippen LogP contribution < -0.4 is 10.5 Å². The van der Waals surface area contributed by atoms with Gasteiger partial charge in [-0.25, -0.2) is 8.78 Å². The molecule has 19 heavy (non-hydrogen) atoms. The fraction of sp³-hybridized carbons (Fsp3) is 0.143. The number of benzene rings is 2. The van der Waals surface area contributed by atoms with E-state index in [0.717, 1.165) is 0 Å². The van der Waals surface area contributed by atoms with E-state index in [4.69, 9.17) is 10.5 Å². The molecule has 0 aliphatic heterocycles. The Bertz CT molecular complexity index is 560. The zero-order chi connectivity index (χ0) is 13.8. The third kappa shape index (κ3) is 3.52. The van der Waals surface area contributed by atoms with Crippen molar-refractivity contribution < 1.29 is 13.5 Å². The molecule has 1 unspecified atom stereocenters. The van der Waals surface area contributed by atoms with Crippen LogP contribution in [0.1, 0.15) is 11.7 Å². The molecule has 0 fully saturated rings. The summed E-state index contributed by atoms with van der Waals surface area (Å²) in [5.41, 5.74) is 6.32. The highest BCUT2D eigenvalue weighted by Crippen LogP contribution is 2.27. The van der Waals surface area contributed by atoms with E-state index in [2.05, 4.69) is 15.9 Å². The maximum atomic E-state index is 13.6. The Morgan fingerprint density at radius 2 is 1.79 bits per heavy atom. The summed E-state index contributed by atoms with van der Waals surface area (Å²) in [6.45, 7) is 0.164. The normalized spacial score (nSPS) is 12.2. The van der Waals surface area contributed by atoms with Crippen LogP contribution in [0.4, 0.5) is 8.78 Å². The molecule has 0 heterocycles. The topological polar surface area (TPSA) is 35.2 Å². The third-order valence-corrected chi connectivity index (χ3v) is 3.11. The van der Waals surface area contributed by atoms with Crippen LogP contribution in [0.15, 0.2) is 46.9 Å². The van der Waals surface area contributed by atoms with E-state index in [9.17, 15) is 8.78 Å². The fourth-order valence-electron chi connectivity index (χ4n) is 1.65. The van der Waals surface area contributed by atoms with Crippen LogP contribution in [0.3, 0.4) is 0 Å². The van der Waals surface area contributed by atoms with Crippen LogP contribution in [-0.2, 0) is 0 Å². The van der Waals surface area contributed by atoms with Gasteiger partial charge >= 0.3 is 0 Å². The van der Waals surface area contributed by atoms with Gasteiger partial charge in [0.1, 0.15) is 11.9 Å². The van der Waals surface area contributed by atoms with E-state index in [1.807, 2.05) is 0 Å². The smallest absolute Gasteiger partial charge is 0.165 e. The molecule has 100 valence electrons. The van der Waals surface area contributed by atoms with E-state index in [1.165, 1.54) is 24.3 Å². The number of hydrogen-bond donors (Lipinski definition) is 1. The van der Waals surface area contributed by atoms with Crippen LogP contribution in [-0.4, -0.2) is 6.54 Å². The van der Waals surface area contributed by atoms with Gasteiger partial charge in [0.15, 0.2) is 11.6 Å². The first-order valence-electron chi connectivity index (χ1n) is 5.67. The molecule has 0 radical (unpaired) electrons. The van der Waals surface area contributed by atoms with Gasteiger partial charge < -0.3 is 10.5 Å². The highest BCUT2D eigenvalue weighted by molar-refractivity contribution is 9.10. The van der Waals surface area contributed by atoms with Gasteiger partial charge in [-0.2, -0.15) is 0 Å². The number of rotatable bonds is 4. The van der Waals surface area contributed by atoms with Crippen LogP contribution in [0.5, 0.6) is 5.75 Å². The predicted octanol–water partition coefficient (Wildman–Crippen LogP) is 3.81. The second kappa shape index (κ2) is 6.12. The first-order valence-corrected chi connectivity index (χ1v) is 6.46. The van der Waals surface area contributed by atoms with Gasteiger partial charge in [0, 0.05) is 11.0 Å². The highest BCUT2D eigenvalue weighted by Gasteiger charge is 2.14. The molecule has 0 bridgehead atoms. The standard InChI is InChI=1S/C14H12BrF2NO/c15-10-3-6-12(17)13(7-10)19-14(8-18)9-1-4-11(16)5-2-9/h1-7,14H,8,18H2. The minimum Gasteiger partial charge on any atom is -0.481 e. The molecule has 2 rings (SSSR count). The molecule has 0 aliphatic carbocycles. The van der Waals surface area contributed by atoms with E-state index in [-0.39, 0.29) is 18.1 Å². The van der Waals surface area contributed by atoms with Crippen LogP contribution in [0.25, 0.3) is 0 Å².